The number of halogens is 1. The van der Waals surface area contributed by atoms with Crippen LogP contribution in [0.4, 0.5) is 0 Å². The molecule has 0 amide bonds. The molecule has 86 valence electrons. The highest BCUT2D eigenvalue weighted by Crippen LogP contribution is 2.23. The van der Waals surface area contributed by atoms with E-state index in [1.54, 1.807) is 0 Å². The molecule has 0 aromatic heterocycles. The van der Waals surface area contributed by atoms with Gasteiger partial charge in [0.25, 0.3) is 5.91 Å². The van der Waals surface area contributed by atoms with E-state index in [4.69, 9.17) is 26.2 Å². The summed E-state index contributed by atoms with van der Waals surface area (Å²) in [5, 5.41) is 45.2. The van der Waals surface area contributed by atoms with E-state index in [9.17, 15) is 5.11 Å². The summed E-state index contributed by atoms with van der Waals surface area (Å²) >= 11 is 0. The number of rotatable bonds is 1. The molecule has 1 rings (SSSR count). The van der Waals surface area contributed by atoms with Gasteiger partial charge in [-0.25, -0.2) is 0 Å². The quantitative estimate of drug-likeness (QED) is 0.258. The van der Waals surface area contributed by atoms with Crippen molar-refractivity contribution in [3.8, 4) is 0 Å². The van der Waals surface area contributed by atoms with Gasteiger partial charge in [-0.15, -0.1) is 12.4 Å². The summed E-state index contributed by atoms with van der Waals surface area (Å²) in [5.41, 5.74) is 5.04. The second-order valence-electron chi connectivity index (χ2n) is 3.02. The van der Waals surface area contributed by atoms with Gasteiger partial charge in [-0.1, -0.05) is 0 Å². The van der Waals surface area contributed by atoms with Crippen molar-refractivity contribution < 1.29 is 30.3 Å². The lowest BCUT2D eigenvalue weighted by Gasteiger charge is -2.42. The second kappa shape index (κ2) is 4.69. The molecule has 5 unspecified atom stereocenters. The summed E-state index contributed by atoms with van der Waals surface area (Å²) in [4.78, 5) is 0. The van der Waals surface area contributed by atoms with Crippen molar-refractivity contribution in [3.05, 3.63) is 0 Å². The maximum Gasteiger partial charge on any atom is 0.252 e. The zero-order valence-corrected chi connectivity index (χ0v) is 7.96. The lowest BCUT2D eigenvalue weighted by atomic mass is 9.97. The van der Waals surface area contributed by atoms with Crippen LogP contribution < -0.4 is 5.73 Å². The van der Waals surface area contributed by atoms with Gasteiger partial charge in [0.05, 0.1) is 6.61 Å². The highest BCUT2D eigenvalue weighted by atomic mass is 35.5. The second-order valence-corrected chi connectivity index (χ2v) is 3.02. The molecular weight excluding hydrogens is 218 g/mol. The average Bonchev–Trinajstić information content (AvgIpc) is 2.08. The average molecular weight is 232 g/mol. The fourth-order valence-corrected chi connectivity index (χ4v) is 1.18. The van der Waals surface area contributed by atoms with Crippen LogP contribution in [0.3, 0.4) is 0 Å². The predicted octanol–water partition coefficient (Wildman–Crippen LogP) is -3.51. The third-order valence-electron chi connectivity index (χ3n) is 2.00. The van der Waals surface area contributed by atoms with Gasteiger partial charge in [0.2, 0.25) is 0 Å². The lowest BCUT2D eigenvalue weighted by molar-refractivity contribution is -0.346. The van der Waals surface area contributed by atoms with E-state index in [0.717, 1.165) is 0 Å². The molecule has 7 nitrogen and oxygen atoms in total. The maximum atomic E-state index is 9.18. The van der Waals surface area contributed by atoms with Crippen LogP contribution in [0.15, 0.2) is 0 Å². The first-order valence-corrected chi connectivity index (χ1v) is 3.74. The van der Waals surface area contributed by atoms with Crippen molar-refractivity contribution >= 4 is 12.4 Å². The summed E-state index contributed by atoms with van der Waals surface area (Å²) in [6, 6.07) is 0. The van der Waals surface area contributed by atoms with E-state index in [0.29, 0.717) is 0 Å². The van der Waals surface area contributed by atoms with Crippen LogP contribution >= 0.6 is 12.4 Å². The topological polar surface area (TPSA) is 136 Å². The van der Waals surface area contributed by atoms with Gasteiger partial charge in [-0.05, 0) is 0 Å². The Bertz CT molecular complexity index is 189. The summed E-state index contributed by atoms with van der Waals surface area (Å²) in [6.07, 6.45) is -6.16. The Morgan fingerprint density at radius 3 is 2.14 bits per heavy atom. The molecule has 0 saturated carbocycles. The standard InChI is InChI=1S/C6H13NO6.ClH/c7-6(12)5(11)4(10)3(9)2(1-8)13-6;/h2-5,8-12H,1,7H2;1H. The summed E-state index contributed by atoms with van der Waals surface area (Å²) in [7, 11) is 0. The van der Waals surface area contributed by atoms with Gasteiger partial charge < -0.3 is 30.3 Å². The fraction of sp³-hybridized carbons (Fsp3) is 1.00. The number of nitrogens with two attached hydrogens (primary N) is 1. The monoisotopic (exact) mass is 231 g/mol. The van der Waals surface area contributed by atoms with Gasteiger partial charge in [-0.3, -0.25) is 5.73 Å². The first kappa shape index (κ1) is 14.0. The molecular formula is C6H14ClNO6. The Hall–Kier alpha value is 0.01000. The van der Waals surface area contributed by atoms with Gasteiger partial charge in [0, 0.05) is 0 Å². The Morgan fingerprint density at radius 2 is 1.71 bits per heavy atom. The first-order valence-electron chi connectivity index (χ1n) is 3.74. The van der Waals surface area contributed by atoms with E-state index < -0.39 is 36.9 Å². The zero-order valence-electron chi connectivity index (χ0n) is 7.15. The molecule has 1 heterocycles. The van der Waals surface area contributed by atoms with E-state index in [1.165, 1.54) is 0 Å². The third-order valence-corrected chi connectivity index (χ3v) is 2.00. The molecule has 0 spiro atoms. The molecule has 7 N–H and O–H groups in total. The van der Waals surface area contributed by atoms with Crippen molar-refractivity contribution in [2.24, 2.45) is 5.73 Å². The SMILES string of the molecule is Cl.NC1(O)OC(CO)C(O)C(O)C1O. The van der Waals surface area contributed by atoms with Gasteiger partial charge in [0.15, 0.2) is 6.10 Å². The van der Waals surface area contributed by atoms with Crippen molar-refractivity contribution in [2.45, 2.75) is 30.3 Å². The number of aliphatic hydroxyl groups is 5. The molecule has 0 bridgehead atoms. The van der Waals surface area contributed by atoms with Gasteiger partial charge in [-0.2, -0.15) is 0 Å². The summed E-state index contributed by atoms with van der Waals surface area (Å²) in [5.74, 6) is -2.45. The smallest absolute Gasteiger partial charge is 0.252 e. The van der Waals surface area contributed by atoms with Crippen LogP contribution in [0.1, 0.15) is 0 Å². The predicted molar refractivity (Wildman–Crippen MR) is 46.4 cm³/mol. The van der Waals surface area contributed by atoms with Crippen molar-refractivity contribution in [1.82, 2.24) is 0 Å². The number of hydrogen-bond acceptors (Lipinski definition) is 7. The Balaban J connectivity index is 0.00000169. The van der Waals surface area contributed by atoms with Crippen LogP contribution in [0.2, 0.25) is 0 Å². The van der Waals surface area contributed by atoms with E-state index in [2.05, 4.69) is 4.74 Å². The Kier molecular flexibility index (Phi) is 4.69. The molecule has 0 radical (unpaired) electrons. The molecule has 1 aliphatic rings. The van der Waals surface area contributed by atoms with Crippen LogP contribution in [-0.4, -0.2) is 62.5 Å². The third kappa shape index (κ3) is 2.33. The molecule has 5 atom stereocenters. The number of ether oxygens (including phenoxy) is 1. The Labute approximate surface area is 86.1 Å². The summed E-state index contributed by atoms with van der Waals surface area (Å²) in [6.45, 7) is -0.621. The van der Waals surface area contributed by atoms with Crippen LogP contribution in [0.25, 0.3) is 0 Å². The molecule has 8 heteroatoms. The van der Waals surface area contributed by atoms with Crippen LogP contribution in [0, 0.1) is 0 Å². The number of hydrogen-bond donors (Lipinski definition) is 6. The van der Waals surface area contributed by atoms with Gasteiger partial charge in [0.1, 0.15) is 18.3 Å². The summed E-state index contributed by atoms with van der Waals surface area (Å²) < 4.78 is 4.54. The molecule has 0 aromatic carbocycles. The Morgan fingerprint density at radius 1 is 1.21 bits per heavy atom. The minimum absolute atomic E-state index is 0. The van der Waals surface area contributed by atoms with Crippen molar-refractivity contribution in [2.75, 3.05) is 6.61 Å². The maximum absolute atomic E-state index is 9.18. The van der Waals surface area contributed by atoms with E-state index >= 15 is 0 Å². The minimum Gasteiger partial charge on any atom is -0.394 e. The first-order chi connectivity index (χ1) is 5.90. The number of aliphatic hydroxyl groups excluding tert-OH is 4. The van der Waals surface area contributed by atoms with Gasteiger partial charge >= 0.3 is 0 Å². The van der Waals surface area contributed by atoms with Crippen LogP contribution in [-0.2, 0) is 4.74 Å². The molecule has 1 fully saturated rings. The minimum atomic E-state index is -2.45. The van der Waals surface area contributed by atoms with Crippen LogP contribution in [0.5, 0.6) is 0 Å². The molecule has 0 aromatic rings. The largest absolute Gasteiger partial charge is 0.394 e. The van der Waals surface area contributed by atoms with E-state index in [-0.39, 0.29) is 12.4 Å². The lowest BCUT2D eigenvalue weighted by Crippen LogP contribution is -2.69. The highest BCUT2D eigenvalue weighted by molar-refractivity contribution is 5.85. The molecule has 1 saturated heterocycles. The molecule has 14 heavy (non-hydrogen) atoms. The molecule has 0 aliphatic carbocycles. The highest BCUT2D eigenvalue weighted by Gasteiger charge is 2.50. The van der Waals surface area contributed by atoms with Crippen molar-refractivity contribution in [1.29, 1.82) is 0 Å². The molecule has 1 aliphatic heterocycles. The van der Waals surface area contributed by atoms with Crippen molar-refractivity contribution in [3.63, 3.8) is 0 Å². The normalized spacial score (nSPS) is 48.4. The zero-order chi connectivity index (χ0) is 10.2. The fourth-order valence-electron chi connectivity index (χ4n) is 1.18. The van der Waals surface area contributed by atoms with E-state index in [1.807, 2.05) is 0 Å².